The first-order valence-corrected chi connectivity index (χ1v) is 5.82. The van der Waals surface area contributed by atoms with E-state index in [2.05, 4.69) is 46.5 Å². The molecule has 1 aromatic carbocycles. The van der Waals surface area contributed by atoms with Crippen LogP contribution in [0.15, 0.2) is 36.7 Å². The Bertz CT molecular complexity index is 477. The molecule has 2 aromatic rings. The summed E-state index contributed by atoms with van der Waals surface area (Å²) in [5, 5.41) is 3.22. The van der Waals surface area contributed by atoms with E-state index >= 15 is 0 Å². The predicted molar refractivity (Wildman–Crippen MR) is 70.1 cm³/mol. The monoisotopic (exact) mass is 227 g/mol. The Morgan fingerprint density at radius 3 is 2.53 bits per heavy atom. The molecule has 1 N–H and O–H groups in total. The van der Waals surface area contributed by atoms with Gasteiger partial charge in [-0.2, -0.15) is 0 Å². The van der Waals surface area contributed by atoms with E-state index in [1.165, 1.54) is 11.1 Å². The van der Waals surface area contributed by atoms with Gasteiger partial charge in [-0.25, -0.2) is 9.97 Å². The maximum atomic E-state index is 4.20. The van der Waals surface area contributed by atoms with Crippen LogP contribution in [0.3, 0.4) is 0 Å². The molecule has 1 aromatic heterocycles. The van der Waals surface area contributed by atoms with Crippen LogP contribution >= 0.6 is 0 Å². The first kappa shape index (κ1) is 11.6. The molecule has 0 aliphatic carbocycles. The highest BCUT2D eigenvalue weighted by Gasteiger charge is 1.96. The molecular formula is C14H17N3. The molecule has 0 spiro atoms. The normalized spacial score (nSPS) is 10.2. The van der Waals surface area contributed by atoms with Gasteiger partial charge in [0.05, 0.1) is 0 Å². The molecule has 3 heteroatoms. The van der Waals surface area contributed by atoms with Crippen LogP contribution in [0.4, 0.5) is 5.95 Å². The van der Waals surface area contributed by atoms with Crippen LogP contribution in [-0.2, 0) is 6.42 Å². The molecule has 0 atom stereocenters. The van der Waals surface area contributed by atoms with Crippen molar-refractivity contribution in [1.29, 1.82) is 0 Å². The first-order chi connectivity index (χ1) is 8.24. The number of benzene rings is 1. The third kappa shape index (κ3) is 3.55. The number of aryl methyl sites for hydroxylation is 2. The van der Waals surface area contributed by atoms with Crippen molar-refractivity contribution in [1.82, 2.24) is 9.97 Å². The van der Waals surface area contributed by atoms with Gasteiger partial charge in [0, 0.05) is 18.9 Å². The zero-order valence-corrected chi connectivity index (χ0v) is 10.3. The lowest BCUT2D eigenvalue weighted by Gasteiger charge is -2.05. The summed E-state index contributed by atoms with van der Waals surface area (Å²) in [5.74, 6) is 0.697. The van der Waals surface area contributed by atoms with E-state index in [0.29, 0.717) is 5.95 Å². The van der Waals surface area contributed by atoms with Gasteiger partial charge in [-0.1, -0.05) is 29.8 Å². The molecule has 0 saturated heterocycles. The van der Waals surface area contributed by atoms with Crippen molar-refractivity contribution in [3.8, 4) is 0 Å². The van der Waals surface area contributed by atoms with Crippen molar-refractivity contribution >= 4 is 5.95 Å². The highest BCUT2D eigenvalue weighted by Crippen LogP contribution is 2.05. The van der Waals surface area contributed by atoms with Crippen LogP contribution in [0, 0.1) is 13.8 Å². The fraction of sp³-hybridized carbons (Fsp3) is 0.286. The van der Waals surface area contributed by atoms with Crippen molar-refractivity contribution in [2.45, 2.75) is 20.3 Å². The van der Waals surface area contributed by atoms with Crippen molar-refractivity contribution in [3.63, 3.8) is 0 Å². The van der Waals surface area contributed by atoms with E-state index in [1.54, 1.807) is 0 Å². The summed E-state index contributed by atoms with van der Waals surface area (Å²) in [5.41, 5.74) is 3.72. The highest BCUT2D eigenvalue weighted by atomic mass is 15.1. The second-order valence-corrected chi connectivity index (χ2v) is 4.25. The van der Waals surface area contributed by atoms with Gasteiger partial charge < -0.3 is 5.32 Å². The molecule has 0 fully saturated rings. The lowest BCUT2D eigenvalue weighted by Crippen LogP contribution is -2.07. The maximum absolute atomic E-state index is 4.20. The summed E-state index contributed by atoms with van der Waals surface area (Å²) < 4.78 is 0. The Balaban J connectivity index is 1.85. The van der Waals surface area contributed by atoms with Crippen LogP contribution in [0.1, 0.15) is 16.7 Å². The topological polar surface area (TPSA) is 37.8 Å². The van der Waals surface area contributed by atoms with E-state index in [1.807, 2.05) is 19.3 Å². The molecule has 0 amide bonds. The third-order valence-electron chi connectivity index (χ3n) is 2.56. The van der Waals surface area contributed by atoms with Gasteiger partial charge >= 0.3 is 0 Å². The number of nitrogens with zero attached hydrogens (tertiary/aromatic N) is 2. The van der Waals surface area contributed by atoms with Gasteiger partial charge in [-0.3, -0.25) is 0 Å². The molecule has 17 heavy (non-hydrogen) atoms. The van der Waals surface area contributed by atoms with Crippen molar-refractivity contribution in [2.24, 2.45) is 0 Å². The predicted octanol–water partition coefficient (Wildman–Crippen LogP) is 2.75. The van der Waals surface area contributed by atoms with Gasteiger partial charge in [0.25, 0.3) is 0 Å². The second-order valence-electron chi connectivity index (χ2n) is 4.25. The van der Waals surface area contributed by atoms with Crippen molar-refractivity contribution in [2.75, 3.05) is 11.9 Å². The Morgan fingerprint density at radius 1 is 1.06 bits per heavy atom. The number of nitrogens with one attached hydrogen (secondary N) is 1. The van der Waals surface area contributed by atoms with Crippen LogP contribution in [-0.4, -0.2) is 16.5 Å². The van der Waals surface area contributed by atoms with Crippen LogP contribution < -0.4 is 5.32 Å². The minimum atomic E-state index is 0.697. The van der Waals surface area contributed by atoms with Crippen molar-refractivity contribution < 1.29 is 0 Å². The number of aromatic nitrogens is 2. The minimum absolute atomic E-state index is 0.697. The summed E-state index contributed by atoms with van der Waals surface area (Å²) in [6, 6.07) is 8.55. The second kappa shape index (κ2) is 5.43. The van der Waals surface area contributed by atoms with Gasteiger partial charge in [0.2, 0.25) is 5.95 Å². The Labute approximate surface area is 102 Å². The van der Waals surface area contributed by atoms with E-state index in [9.17, 15) is 0 Å². The average Bonchev–Trinajstić information content (AvgIpc) is 2.32. The van der Waals surface area contributed by atoms with E-state index in [0.717, 1.165) is 18.5 Å². The molecular weight excluding hydrogens is 210 g/mol. The Hall–Kier alpha value is -1.90. The van der Waals surface area contributed by atoms with E-state index in [-0.39, 0.29) is 0 Å². The largest absolute Gasteiger partial charge is 0.354 e. The summed E-state index contributed by atoms with van der Waals surface area (Å²) in [7, 11) is 0. The molecule has 2 rings (SSSR count). The summed E-state index contributed by atoms with van der Waals surface area (Å²) in [6.45, 7) is 4.95. The zero-order chi connectivity index (χ0) is 12.1. The highest BCUT2D eigenvalue weighted by molar-refractivity contribution is 5.26. The molecule has 0 aliphatic heterocycles. The number of rotatable bonds is 4. The Kier molecular flexibility index (Phi) is 3.70. The van der Waals surface area contributed by atoms with Crippen LogP contribution in [0.5, 0.6) is 0 Å². The van der Waals surface area contributed by atoms with Gasteiger partial charge in [0.15, 0.2) is 0 Å². The molecule has 0 saturated carbocycles. The fourth-order valence-electron chi connectivity index (χ4n) is 1.67. The lowest BCUT2D eigenvalue weighted by molar-refractivity contribution is 0.978. The first-order valence-electron chi connectivity index (χ1n) is 5.82. The maximum Gasteiger partial charge on any atom is 0.222 e. The van der Waals surface area contributed by atoms with Gasteiger partial charge in [-0.15, -0.1) is 0 Å². The third-order valence-corrected chi connectivity index (χ3v) is 2.56. The lowest BCUT2D eigenvalue weighted by atomic mass is 10.1. The summed E-state index contributed by atoms with van der Waals surface area (Å²) in [6.07, 6.45) is 4.63. The molecule has 0 radical (unpaired) electrons. The number of hydrogen-bond acceptors (Lipinski definition) is 3. The minimum Gasteiger partial charge on any atom is -0.354 e. The van der Waals surface area contributed by atoms with Crippen LogP contribution in [0.25, 0.3) is 0 Å². The molecule has 3 nitrogen and oxygen atoms in total. The molecule has 0 unspecified atom stereocenters. The fourth-order valence-corrected chi connectivity index (χ4v) is 1.67. The molecule has 88 valence electrons. The standard InChI is InChI=1S/C14H17N3/c1-11-4-3-5-13(8-11)6-7-15-14-16-9-12(2)10-17-14/h3-5,8-10H,6-7H2,1-2H3,(H,15,16,17). The summed E-state index contributed by atoms with van der Waals surface area (Å²) in [4.78, 5) is 8.41. The zero-order valence-electron chi connectivity index (χ0n) is 10.3. The number of anilines is 1. The smallest absolute Gasteiger partial charge is 0.222 e. The molecule has 1 heterocycles. The molecule has 0 aliphatic rings. The van der Waals surface area contributed by atoms with E-state index in [4.69, 9.17) is 0 Å². The number of hydrogen-bond donors (Lipinski definition) is 1. The van der Waals surface area contributed by atoms with E-state index < -0.39 is 0 Å². The Morgan fingerprint density at radius 2 is 1.82 bits per heavy atom. The van der Waals surface area contributed by atoms with Gasteiger partial charge in [-0.05, 0) is 31.4 Å². The SMILES string of the molecule is Cc1cnc(NCCc2cccc(C)c2)nc1. The molecule has 0 bridgehead atoms. The van der Waals surface area contributed by atoms with Crippen molar-refractivity contribution in [3.05, 3.63) is 53.3 Å². The quantitative estimate of drug-likeness (QED) is 0.872. The summed E-state index contributed by atoms with van der Waals surface area (Å²) >= 11 is 0. The average molecular weight is 227 g/mol. The van der Waals surface area contributed by atoms with Gasteiger partial charge in [0.1, 0.15) is 0 Å². The van der Waals surface area contributed by atoms with Crippen LogP contribution in [0.2, 0.25) is 0 Å².